The number of carbonyl (C=O) groups excluding carboxylic acids is 1. The van der Waals surface area contributed by atoms with Gasteiger partial charge in [-0.05, 0) is 48.2 Å². The van der Waals surface area contributed by atoms with Crippen molar-refractivity contribution < 1.29 is 9.53 Å². The van der Waals surface area contributed by atoms with E-state index in [0.29, 0.717) is 18.1 Å². The fraction of sp³-hybridized carbons (Fsp3) is 0.278. The van der Waals surface area contributed by atoms with Crippen molar-refractivity contribution in [1.82, 2.24) is 0 Å². The molecule has 0 spiro atoms. The Bertz CT molecular complexity index is 744. The lowest BCUT2D eigenvalue weighted by Crippen LogP contribution is -2.40. The number of benzene rings is 2. The molecule has 0 saturated heterocycles. The first-order valence-electron chi connectivity index (χ1n) is 7.53. The van der Waals surface area contributed by atoms with Gasteiger partial charge < -0.3 is 9.64 Å². The monoisotopic (exact) mass is 313 g/mol. The Labute approximate surface area is 134 Å². The van der Waals surface area contributed by atoms with Gasteiger partial charge in [-0.1, -0.05) is 29.8 Å². The molecule has 2 aromatic carbocycles. The van der Waals surface area contributed by atoms with Crippen LogP contribution in [0, 0.1) is 5.92 Å². The molecule has 2 aliphatic heterocycles. The molecule has 0 bridgehead atoms. The fourth-order valence-electron chi connectivity index (χ4n) is 3.31. The molecule has 2 heterocycles. The second-order valence-corrected chi connectivity index (χ2v) is 6.27. The molecule has 112 valence electrons. The Morgan fingerprint density at radius 1 is 1.18 bits per heavy atom. The third kappa shape index (κ3) is 2.26. The van der Waals surface area contributed by atoms with Crippen LogP contribution in [0.1, 0.15) is 11.1 Å². The highest BCUT2D eigenvalue weighted by atomic mass is 35.5. The van der Waals surface area contributed by atoms with Crippen LogP contribution in [0.25, 0.3) is 0 Å². The highest BCUT2D eigenvalue weighted by Gasteiger charge is 2.33. The normalized spacial score (nSPS) is 19.3. The zero-order valence-corrected chi connectivity index (χ0v) is 12.8. The number of nitrogens with zero attached hydrogens (tertiary/aromatic N) is 1. The topological polar surface area (TPSA) is 29.5 Å². The van der Waals surface area contributed by atoms with E-state index in [-0.39, 0.29) is 11.8 Å². The molecule has 1 unspecified atom stereocenters. The lowest BCUT2D eigenvalue weighted by molar-refractivity contribution is -0.123. The molecule has 4 rings (SSSR count). The van der Waals surface area contributed by atoms with Gasteiger partial charge in [0, 0.05) is 17.3 Å². The largest absolute Gasteiger partial charge is 0.492 e. The number of amides is 1. The average molecular weight is 314 g/mol. The Balaban J connectivity index is 1.58. The van der Waals surface area contributed by atoms with Gasteiger partial charge in [-0.3, -0.25) is 4.79 Å². The van der Waals surface area contributed by atoms with Gasteiger partial charge in [0.05, 0.1) is 5.92 Å². The molecule has 4 heteroatoms. The second-order valence-electron chi connectivity index (χ2n) is 5.83. The summed E-state index contributed by atoms with van der Waals surface area (Å²) in [6, 6.07) is 13.7. The molecule has 1 amide bonds. The van der Waals surface area contributed by atoms with Crippen LogP contribution >= 0.6 is 11.6 Å². The summed E-state index contributed by atoms with van der Waals surface area (Å²) < 4.78 is 5.75. The molecule has 2 aliphatic rings. The van der Waals surface area contributed by atoms with E-state index in [2.05, 4.69) is 6.07 Å². The molecule has 2 aromatic rings. The van der Waals surface area contributed by atoms with E-state index in [1.807, 2.05) is 41.3 Å². The van der Waals surface area contributed by atoms with Crippen molar-refractivity contribution in [1.29, 1.82) is 0 Å². The molecule has 0 aromatic heterocycles. The molecule has 0 saturated carbocycles. The molecule has 0 radical (unpaired) electrons. The van der Waals surface area contributed by atoms with E-state index in [1.165, 1.54) is 5.56 Å². The van der Waals surface area contributed by atoms with Crippen molar-refractivity contribution in [3.8, 4) is 5.75 Å². The molecule has 0 fully saturated rings. The van der Waals surface area contributed by atoms with Crippen LogP contribution in [0.3, 0.4) is 0 Å². The van der Waals surface area contributed by atoms with E-state index in [0.717, 1.165) is 30.0 Å². The number of para-hydroxylation sites is 1. The Hall–Kier alpha value is -2.00. The van der Waals surface area contributed by atoms with Gasteiger partial charge in [-0.2, -0.15) is 0 Å². The zero-order valence-electron chi connectivity index (χ0n) is 12.1. The van der Waals surface area contributed by atoms with Crippen LogP contribution in [0.15, 0.2) is 42.5 Å². The molecule has 0 aliphatic carbocycles. The first kappa shape index (κ1) is 13.6. The highest BCUT2D eigenvalue weighted by molar-refractivity contribution is 6.30. The number of anilines is 1. The molecule has 1 atom stereocenters. The summed E-state index contributed by atoms with van der Waals surface area (Å²) in [5, 5.41) is 0.682. The first-order chi connectivity index (χ1) is 10.7. The van der Waals surface area contributed by atoms with Gasteiger partial charge in [0.25, 0.3) is 0 Å². The first-order valence-corrected chi connectivity index (χ1v) is 7.90. The van der Waals surface area contributed by atoms with Gasteiger partial charge in [0.2, 0.25) is 5.91 Å². The van der Waals surface area contributed by atoms with Crippen molar-refractivity contribution in [2.24, 2.45) is 5.92 Å². The average Bonchev–Trinajstić information content (AvgIpc) is 2.97. The minimum Gasteiger partial charge on any atom is -0.492 e. The SMILES string of the molecule is O=C(C1COc2ccc(Cl)cc2C1)N1CCc2ccccc21. The van der Waals surface area contributed by atoms with Crippen molar-refractivity contribution in [2.75, 3.05) is 18.1 Å². The summed E-state index contributed by atoms with van der Waals surface area (Å²) in [6.45, 7) is 1.20. The Kier molecular flexibility index (Phi) is 3.30. The third-order valence-electron chi connectivity index (χ3n) is 4.43. The predicted molar refractivity (Wildman–Crippen MR) is 86.6 cm³/mol. The minimum absolute atomic E-state index is 0.142. The number of rotatable bonds is 1. The van der Waals surface area contributed by atoms with E-state index < -0.39 is 0 Å². The summed E-state index contributed by atoms with van der Waals surface area (Å²) in [5.41, 5.74) is 3.31. The summed E-state index contributed by atoms with van der Waals surface area (Å²) in [7, 11) is 0. The van der Waals surface area contributed by atoms with Crippen LogP contribution in [-0.4, -0.2) is 19.1 Å². The number of halogens is 1. The van der Waals surface area contributed by atoms with Gasteiger partial charge in [-0.15, -0.1) is 0 Å². The lowest BCUT2D eigenvalue weighted by atomic mass is 9.95. The molecule has 0 N–H and O–H groups in total. The van der Waals surface area contributed by atoms with Crippen LogP contribution in [0.2, 0.25) is 5.02 Å². The number of fused-ring (bicyclic) bond motifs is 2. The van der Waals surface area contributed by atoms with Gasteiger partial charge in [0.1, 0.15) is 12.4 Å². The molecular formula is C18H16ClNO2. The van der Waals surface area contributed by atoms with Crippen molar-refractivity contribution in [2.45, 2.75) is 12.8 Å². The maximum absolute atomic E-state index is 12.9. The van der Waals surface area contributed by atoms with Gasteiger partial charge in [-0.25, -0.2) is 0 Å². The molecular weight excluding hydrogens is 298 g/mol. The standard InChI is InChI=1S/C18H16ClNO2/c19-15-5-6-17-13(10-15)9-14(11-22-17)18(21)20-8-7-12-3-1-2-4-16(12)20/h1-6,10,14H,7-9,11H2. The van der Waals surface area contributed by atoms with Gasteiger partial charge in [0.15, 0.2) is 0 Å². The Morgan fingerprint density at radius 2 is 2.05 bits per heavy atom. The van der Waals surface area contributed by atoms with Crippen molar-refractivity contribution >= 4 is 23.2 Å². The van der Waals surface area contributed by atoms with E-state index in [4.69, 9.17) is 16.3 Å². The maximum Gasteiger partial charge on any atom is 0.233 e. The number of carbonyl (C=O) groups is 1. The van der Waals surface area contributed by atoms with E-state index in [1.54, 1.807) is 0 Å². The van der Waals surface area contributed by atoms with Gasteiger partial charge >= 0.3 is 0 Å². The Morgan fingerprint density at radius 3 is 2.95 bits per heavy atom. The smallest absolute Gasteiger partial charge is 0.233 e. The number of hydrogen-bond donors (Lipinski definition) is 0. The zero-order chi connectivity index (χ0) is 15.1. The molecule has 22 heavy (non-hydrogen) atoms. The predicted octanol–water partition coefficient (Wildman–Crippen LogP) is 3.48. The summed E-state index contributed by atoms with van der Waals surface area (Å²) in [4.78, 5) is 14.8. The highest BCUT2D eigenvalue weighted by Crippen LogP contribution is 2.33. The van der Waals surface area contributed by atoms with Crippen LogP contribution in [-0.2, 0) is 17.6 Å². The summed E-state index contributed by atoms with van der Waals surface area (Å²) >= 11 is 6.05. The fourth-order valence-corrected chi connectivity index (χ4v) is 3.50. The third-order valence-corrected chi connectivity index (χ3v) is 4.67. The quantitative estimate of drug-likeness (QED) is 0.806. The van der Waals surface area contributed by atoms with Crippen molar-refractivity contribution in [3.05, 3.63) is 58.6 Å². The second kappa shape index (κ2) is 5.33. The summed E-state index contributed by atoms with van der Waals surface area (Å²) in [6.07, 6.45) is 1.62. The van der Waals surface area contributed by atoms with Crippen LogP contribution in [0.4, 0.5) is 5.69 Å². The van der Waals surface area contributed by atoms with Crippen LogP contribution in [0.5, 0.6) is 5.75 Å². The van der Waals surface area contributed by atoms with E-state index >= 15 is 0 Å². The lowest BCUT2D eigenvalue weighted by Gasteiger charge is -2.28. The summed E-state index contributed by atoms with van der Waals surface area (Å²) in [5.74, 6) is 0.850. The van der Waals surface area contributed by atoms with Crippen LogP contribution < -0.4 is 9.64 Å². The molecule has 3 nitrogen and oxygen atoms in total. The van der Waals surface area contributed by atoms with E-state index in [9.17, 15) is 4.79 Å². The number of hydrogen-bond acceptors (Lipinski definition) is 2. The number of ether oxygens (including phenoxy) is 1. The maximum atomic E-state index is 12.9. The minimum atomic E-state index is -0.142. The van der Waals surface area contributed by atoms with Crippen molar-refractivity contribution in [3.63, 3.8) is 0 Å².